The summed E-state index contributed by atoms with van der Waals surface area (Å²) in [5.74, 6) is -0.343. The number of halogens is 1. The molecule has 1 saturated heterocycles. The number of amides is 2. The monoisotopic (exact) mass is 403 g/mol. The summed E-state index contributed by atoms with van der Waals surface area (Å²) in [6.45, 7) is 3.42. The lowest BCUT2D eigenvalue weighted by atomic mass is 10.2. The van der Waals surface area contributed by atoms with E-state index in [9.17, 15) is 14.4 Å². The topological polar surface area (TPSA) is 98.4 Å². The van der Waals surface area contributed by atoms with Gasteiger partial charge in [-0.25, -0.2) is 4.98 Å². The molecule has 0 saturated carbocycles. The Morgan fingerprint density at radius 3 is 2.71 bits per heavy atom. The zero-order chi connectivity index (χ0) is 19.9. The van der Waals surface area contributed by atoms with Gasteiger partial charge in [0.25, 0.3) is 11.5 Å². The standard InChI is InChI=1S/C19H22ClN5O3/c20-15-3-1-2-14(10-15)13-25(19(28)16-11-23-17(26)12-22-16)7-4-18(27)24-8-5-21-6-9-24/h1-3,10-12,21H,4-9,13H2,(H,23,26). The van der Waals surface area contributed by atoms with E-state index >= 15 is 0 Å². The van der Waals surface area contributed by atoms with Gasteiger partial charge >= 0.3 is 0 Å². The van der Waals surface area contributed by atoms with Crippen molar-refractivity contribution < 1.29 is 9.59 Å². The smallest absolute Gasteiger partial charge is 0.274 e. The highest BCUT2D eigenvalue weighted by Crippen LogP contribution is 2.14. The van der Waals surface area contributed by atoms with Gasteiger partial charge in [-0.1, -0.05) is 23.7 Å². The van der Waals surface area contributed by atoms with Gasteiger partial charge in [0.15, 0.2) is 0 Å². The van der Waals surface area contributed by atoms with Crippen molar-refractivity contribution >= 4 is 23.4 Å². The number of carbonyl (C=O) groups excluding carboxylic acids is 2. The minimum Gasteiger partial charge on any atom is -0.340 e. The minimum absolute atomic E-state index is 0.0137. The van der Waals surface area contributed by atoms with Crippen LogP contribution in [0.3, 0.4) is 0 Å². The van der Waals surface area contributed by atoms with E-state index in [2.05, 4.69) is 15.3 Å². The highest BCUT2D eigenvalue weighted by Gasteiger charge is 2.21. The molecule has 0 unspecified atom stereocenters. The minimum atomic E-state index is -0.383. The number of hydrogen-bond acceptors (Lipinski definition) is 5. The molecule has 0 aliphatic carbocycles. The molecule has 2 aromatic rings. The predicted octanol–water partition coefficient (Wildman–Crippen LogP) is 0.888. The van der Waals surface area contributed by atoms with Gasteiger partial charge in [-0.05, 0) is 17.7 Å². The van der Waals surface area contributed by atoms with Crippen molar-refractivity contribution in [3.8, 4) is 0 Å². The Bertz CT molecular complexity index is 875. The molecule has 1 aromatic carbocycles. The van der Waals surface area contributed by atoms with Crippen LogP contribution in [0.2, 0.25) is 5.02 Å². The lowest BCUT2D eigenvalue weighted by molar-refractivity contribution is -0.132. The van der Waals surface area contributed by atoms with E-state index in [-0.39, 0.29) is 42.6 Å². The van der Waals surface area contributed by atoms with Crippen molar-refractivity contribution in [1.29, 1.82) is 0 Å². The Labute approximate surface area is 167 Å². The number of H-pyrrole nitrogens is 1. The summed E-state index contributed by atoms with van der Waals surface area (Å²) in [4.78, 5) is 46.3. The van der Waals surface area contributed by atoms with Gasteiger partial charge in [-0.3, -0.25) is 14.4 Å². The Morgan fingerprint density at radius 2 is 2.04 bits per heavy atom. The molecule has 1 aromatic heterocycles. The molecule has 2 amide bonds. The van der Waals surface area contributed by atoms with Crippen molar-refractivity contribution in [3.05, 3.63) is 63.3 Å². The van der Waals surface area contributed by atoms with Crippen molar-refractivity contribution in [3.63, 3.8) is 0 Å². The number of hydrogen-bond donors (Lipinski definition) is 2. The second kappa shape index (κ2) is 9.48. The fourth-order valence-corrected chi connectivity index (χ4v) is 3.25. The van der Waals surface area contributed by atoms with Crippen LogP contribution in [0.25, 0.3) is 0 Å². The van der Waals surface area contributed by atoms with Gasteiger partial charge in [-0.2, -0.15) is 0 Å². The first-order valence-corrected chi connectivity index (χ1v) is 9.47. The number of benzene rings is 1. The fraction of sp³-hybridized carbons (Fsp3) is 0.368. The van der Waals surface area contributed by atoms with Crippen molar-refractivity contribution in [2.75, 3.05) is 32.7 Å². The first-order chi connectivity index (χ1) is 13.5. The van der Waals surface area contributed by atoms with Crippen molar-refractivity contribution in [2.24, 2.45) is 0 Å². The molecule has 148 valence electrons. The average molecular weight is 404 g/mol. The van der Waals surface area contributed by atoms with Gasteiger partial charge in [0.1, 0.15) is 5.69 Å². The summed E-state index contributed by atoms with van der Waals surface area (Å²) in [5, 5.41) is 3.78. The first-order valence-electron chi connectivity index (χ1n) is 9.10. The molecule has 0 radical (unpaired) electrons. The summed E-state index contributed by atoms with van der Waals surface area (Å²) in [5.41, 5.74) is 0.586. The van der Waals surface area contributed by atoms with Gasteiger partial charge in [0.2, 0.25) is 5.91 Å². The van der Waals surface area contributed by atoms with E-state index in [1.54, 1.807) is 21.9 Å². The molecular weight excluding hydrogens is 382 g/mol. The lowest BCUT2D eigenvalue weighted by Crippen LogP contribution is -2.47. The molecule has 1 fully saturated rings. The quantitative estimate of drug-likeness (QED) is 0.746. The lowest BCUT2D eigenvalue weighted by Gasteiger charge is -2.29. The summed E-state index contributed by atoms with van der Waals surface area (Å²) in [7, 11) is 0. The van der Waals surface area contributed by atoms with Crippen LogP contribution < -0.4 is 10.9 Å². The third-order valence-electron chi connectivity index (χ3n) is 4.51. The van der Waals surface area contributed by atoms with Crippen LogP contribution in [0.4, 0.5) is 0 Å². The van der Waals surface area contributed by atoms with Crippen LogP contribution in [-0.2, 0) is 11.3 Å². The zero-order valence-corrected chi connectivity index (χ0v) is 16.1. The van der Waals surface area contributed by atoms with E-state index in [1.807, 2.05) is 12.1 Å². The normalized spacial score (nSPS) is 14.0. The number of nitrogens with one attached hydrogen (secondary N) is 2. The SMILES string of the molecule is O=C(CCN(Cc1cccc(Cl)c1)C(=O)c1c[nH]c(=O)cn1)N1CCNCC1. The van der Waals surface area contributed by atoms with Gasteiger partial charge in [0, 0.05) is 56.9 Å². The van der Waals surface area contributed by atoms with E-state index in [4.69, 9.17) is 11.6 Å². The van der Waals surface area contributed by atoms with E-state index in [1.165, 1.54) is 6.20 Å². The van der Waals surface area contributed by atoms with Crippen LogP contribution in [0.5, 0.6) is 0 Å². The summed E-state index contributed by atoms with van der Waals surface area (Å²) < 4.78 is 0. The number of nitrogens with zero attached hydrogens (tertiary/aromatic N) is 3. The predicted molar refractivity (Wildman–Crippen MR) is 105 cm³/mol. The molecular formula is C19H22ClN5O3. The number of aromatic amines is 1. The molecule has 3 rings (SSSR count). The highest BCUT2D eigenvalue weighted by molar-refractivity contribution is 6.30. The maximum Gasteiger partial charge on any atom is 0.274 e. The van der Waals surface area contributed by atoms with Crippen LogP contribution in [0.1, 0.15) is 22.5 Å². The Kier molecular flexibility index (Phi) is 6.78. The van der Waals surface area contributed by atoms with Gasteiger partial charge in [-0.15, -0.1) is 0 Å². The summed E-state index contributed by atoms with van der Waals surface area (Å²) >= 11 is 6.05. The van der Waals surface area contributed by atoms with Crippen LogP contribution >= 0.6 is 11.6 Å². The molecule has 0 atom stereocenters. The van der Waals surface area contributed by atoms with Crippen LogP contribution in [-0.4, -0.2) is 64.3 Å². The zero-order valence-electron chi connectivity index (χ0n) is 15.4. The van der Waals surface area contributed by atoms with Gasteiger partial charge < -0.3 is 20.1 Å². The highest BCUT2D eigenvalue weighted by atomic mass is 35.5. The molecule has 9 heteroatoms. The second-order valence-electron chi connectivity index (χ2n) is 6.53. The first kappa shape index (κ1) is 20.0. The largest absolute Gasteiger partial charge is 0.340 e. The number of carbonyl (C=O) groups is 2. The molecule has 1 aliphatic heterocycles. The number of piperazine rings is 1. The molecule has 2 N–H and O–H groups in total. The number of aromatic nitrogens is 2. The summed E-state index contributed by atoms with van der Waals surface area (Å²) in [6, 6.07) is 7.21. The van der Waals surface area contributed by atoms with Crippen LogP contribution in [0.15, 0.2) is 41.5 Å². The van der Waals surface area contributed by atoms with Crippen molar-refractivity contribution in [2.45, 2.75) is 13.0 Å². The Morgan fingerprint density at radius 1 is 1.25 bits per heavy atom. The Balaban J connectivity index is 1.73. The maximum atomic E-state index is 12.9. The van der Waals surface area contributed by atoms with E-state index < -0.39 is 0 Å². The fourth-order valence-electron chi connectivity index (χ4n) is 3.03. The maximum absolute atomic E-state index is 12.9. The van der Waals surface area contributed by atoms with Crippen molar-refractivity contribution in [1.82, 2.24) is 25.1 Å². The second-order valence-corrected chi connectivity index (χ2v) is 6.97. The molecule has 2 heterocycles. The third kappa shape index (κ3) is 5.40. The molecule has 1 aliphatic rings. The van der Waals surface area contributed by atoms with E-state index in [0.717, 1.165) is 24.8 Å². The van der Waals surface area contributed by atoms with Gasteiger partial charge in [0.05, 0.1) is 6.20 Å². The average Bonchev–Trinajstić information content (AvgIpc) is 2.71. The molecule has 8 nitrogen and oxygen atoms in total. The molecule has 28 heavy (non-hydrogen) atoms. The third-order valence-corrected chi connectivity index (χ3v) is 4.74. The van der Waals surface area contributed by atoms with E-state index in [0.29, 0.717) is 18.1 Å². The molecule has 0 spiro atoms. The summed E-state index contributed by atoms with van der Waals surface area (Å²) in [6.07, 6.45) is 2.57. The number of rotatable bonds is 6. The van der Waals surface area contributed by atoms with Crippen LogP contribution in [0, 0.1) is 0 Å². The molecule has 0 bridgehead atoms. The Hall–Kier alpha value is -2.71.